The summed E-state index contributed by atoms with van der Waals surface area (Å²) in [6.07, 6.45) is 8.32. The average molecular weight is 903 g/mol. The van der Waals surface area contributed by atoms with Crippen LogP contribution in [0.1, 0.15) is 91.9 Å². The number of nitrogens with one attached hydrogen (secondary N) is 7. The van der Waals surface area contributed by atoms with Crippen molar-refractivity contribution in [1.29, 1.82) is 0 Å². The van der Waals surface area contributed by atoms with E-state index in [1.807, 2.05) is 13.8 Å². The summed E-state index contributed by atoms with van der Waals surface area (Å²) in [5.74, 6) is -5.03. The molecule has 0 aliphatic heterocycles. The first-order chi connectivity index (χ1) is 28.8. The van der Waals surface area contributed by atoms with Gasteiger partial charge in [0.1, 0.15) is 36.3 Å². The molecule has 0 bridgehead atoms. The Kier molecular flexibility index (Phi) is 26.7. The predicted octanol–water partition coefficient (Wildman–Crippen LogP) is -2.63. The van der Waals surface area contributed by atoms with E-state index in [4.69, 9.17) is 22.9 Å². The number of nitrogens with two attached hydrogens (primary N) is 4. The number of hydrogen-bond donors (Lipinski definition) is 12. The lowest BCUT2D eigenvalue weighted by molar-refractivity contribution is -0.135. The van der Waals surface area contributed by atoms with Crippen LogP contribution in [0, 0.1) is 11.8 Å². The summed E-state index contributed by atoms with van der Waals surface area (Å²) in [6, 6.07) is -8.24. The zero-order valence-electron chi connectivity index (χ0n) is 36.1. The predicted molar refractivity (Wildman–Crippen MR) is 236 cm³/mol. The molecule has 0 aromatic carbocycles. The van der Waals surface area contributed by atoms with Crippen LogP contribution >= 0.6 is 23.5 Å². The first-order valence-corrected chi connectivity index (χ1v) is 23.2. The zero-order valence-corrected chi connectivity index (χ0v) is 37.7. The summed E-state index contributed by atoms with van der Waals surface area (Å²) < 4.78 is 0. The Bertz CT molecular complexity index is 1480. The van der Waals surface area contributed by atoms with Gasteiger partial charge in [-0.25, -0.2) is 0 Å². The van der Waals surface area contributed by atoms with Gasteiger partial charge in [-0.2, -0.15) is 11.8 Å². The van der Waals surface area contributed by atoms with Gasteiger partial charge in [0.2, 0.25) is 47.3 Å². The minimum Gasteiger partial charge on any atom is -0.394 e. The number of guanidine groups is 1. The van der Waals surface area contributed by atoms with Gasteiger partial charge in [0.05, 0.1) is 18.5 Å². The van der Waals surface area contributed by atoms with Crippen molar-refractivity contribution in [2.24, 2.45) is 39.8 Å². The van der Waals surface area contributed by atoms with E-state index < -0.39 is 90.3 Å². The highest BCUT2D eigenvalue weighted by molar-refractivity contribution is 7.99. The maximum absolute atomic E-state index is 13.8. The number of amides is 8. The van der Waals surface area contributed by atoms with E-state index in [-0.39, 0.29) is 55.2 Å². The second kappa shape index (κ2) is 29.8. The number of hydrogen-bond acceptors (Lipinski definition) is 13. The molecular weight excluding hydrogens is 833 g/mol. The smallest absolute Gasteiger partial charge is 0.245 e. The standard InChI is InChI=1S/C38H70N12O9S2/c1-21(2)16-28(31(40)53)48-36(58)29(18-51)49-37(59)30(19-61-20-44-23(4)52)50-35(57)27(13-15-60-5)46-32(54)22(3)45-34(56)26(12-9-14-43-38(41)42)47-33(55)25(39)17-24-10-7-6-8-11-24/h21-22,24-30,51H,6-20,39H2,1-5H3,(H2,40,53)(H,44,52)(H,45,56)(H,46,54)(H,47,55)(H,48,58)(H,49,59)(H,50,57)(H4,41,42,43)/t22-,25-,26-,27-,28-,29-,30-/m0/s1. The first kappa shape index (κ1) is 54.7. The van der Waals surface area contributed by atoms with Crippen molar-refractivity contribution < 1.29 is 43.5 Å². The van der Waals surface area contributed by atoms with E-state index in [9.17, 15) is 43.5 Å². The molecule has 1 aliphatic rings. The van der Waals surface area contributed by atoms with E-state index in [2.05, 4.69) is 42.2 Å². The molecule has 0 spiro atoms. The van der Waals surface area contributed by atoms with E-state index in [1.165, 1.54) is 25.6 Å². The molecule has 1 fully saturated rings. The second-order valence-corrected chi connectivity index (χ2v) is 17.6. The first-order valence-electron chi connectivity index (χ1n) is 20.6. The van der Waals surface area contributed by atoms with Crippen molar-refractivity contribution in [3.05, 3.63) is 0 Å². The van der Waals surface area contributed by atoms with Crippen LogP contribution in [-0.2, 0) is 38.4 Å². The Morgan fingerprint density at radius 3 is 1.84 bits per heavy atom. The molecule has 0 aromatic heterocycles. The average Bonchev–Trinajstić information content (AvgIpc) is 3.19. The lowest BCUT2D eigenvalue weighted by Gasteiger charge is -2.27. The van der Waals surface area contributed by atoms with Crippen molar-refractivity contribution in [2.75, 3.05) is 36.8 Å². The summed E-state index contributed by atoms with van der Waals surface area (Å²) in [5, 5.41) is 28.0. The number of aliphatic imine (C=N–C) groups is 1. The number of aliphatic hydroxyl groups is 1. The Morgan fingerprint density at radius 2 is 1.26 bits per heavy atom. The molecule has 1 saturated carbocycles. The van der Waals surface area contributed by atoms with E-state index in [1.54, 1.807) is 6.26 Å². The number of thioether (sulfide) groups is 2. The van der Waals surface area contributed by atoms with Crippen molar-refractivity contribution in [2.45, 2.75) is 134 Å². The normalized spacial score (nSPS) is 16.3. The highest BCUT2D eigenvalue weighted by Crippen LogP contribution is 2.27. The Morgan fingerprint density at radius 1 is 0.721 bits per heavy atom. The molecule has 0 unspecified atom stereocenters. The highest BCUT2D eigenvalue weighted by atomic mass is 32.2. The molecule has 0 radical (unpaired) electrons. The lowest BCUT2D eigenvalue weighted by Crippen LogP contribution is -2.60. The number of primary amides is 1. The fourth-order valence-corrected chi connectivity index (χ4v) is 7.73. The second-order valence-electron chi connectivity index (χ2n) is 15.6. The molecule has 8 amide bonds. The largest absolute Gasteiger partial charge is 0.394 e. The summed E-state index contributed by atoms with van der Waals surface area (Å²) in [6.45, 7) is 5.68. The number of nitrogens with zero attached hydrogens (tertiary/aromatic N) is 1. The molecule has 0 aromatic rings. The molecule has 23 heteroatoms. The maximum atomic E-state index is 13.8. The van der Waals surface area contributed by atoms with E-state index >= 15 is 0 Å². The minimum absolute atomic E-state index is 0.0172. The van der Waals surface area contributed by atoms with Crippen molar-refractivity contribution in [3.8, 4) is 0 Å². The quantitative estimate of drug-likeness (QED) is 0.0158. The monoisotopic (exact) mass is 902 g/mol. The van der Waals surface area contributed by atoms with Crippen LogP contribution in [0.2, 0.25) is 0 Å². The number of carbonyl (C=O) groups excluding carboxylic acids is 8. The van der Waals surface area contributed by atoms with Crippen LogP contribution in [0.25, 0.3) is 0 Å². The van der Waals surface area contributed by atoms with Gasteiger partial charge in [0.15, 0.2) is 5.96 Å². The summed E-state index contributed by atoms with van der Waals surface area (Å²) in [7, 11) is 0. The molecule has 0 saturated heterocycles. The van der Waals surface area contributed by atoms with Crippen LogP contribution in [-0.4, -0.2) is 137 Å². The number of aliphatic hydroxyl groups excluding tert-OH is 1. The minimum atomic E-state index is -1.52. The summed E-state index contributed by atoms with van der Waals surface area (Å²) in [4.78, 5) is 108. The van der Waals surface area contributed by atoms with Crippen molar-refractivity contribution >= 4 is 76.7 Å². The Labute approximate surface area is 367 Å². The number of rotatable bonds is 29. The molecule has 0 heterocycles. The Balaban J connectivity index is 3.16. The van der Waals surface area contributed by atoms with Crippen LogP contribution in [0.15, 0.2) is 4.99 Å². The molecule has 61 heavy (non-hydrogen) atoms. The van der Waals surface area contributed by atoms with Gasteiger partial charge in [0.25, 0.3) is 0 Å². The number of carbonyl (C=O) groups is 8. The van der Waals surface area contributed by atoms with Gasteiger partial charge in [-0.05, 0) is 62.9 Å². The zero-order chi connectivity index (χ0) is 46.1. The molecule has 348 valence electrons. The Hall–Kier alpha value is -4.35. The molecule has 1 rings (SSSR count). The van der Waals surface area contributed by atoms with Gasteiger partial charge >= 0.3 is 0 Å². The third kappa shape index (κ3) is 22.9. The molecule has 1 aliphatic carbocycles. The van der Waals surface area contributed by atoms with Gasteiger partial charge in [-0.15, -0.1) is 11.8 Å². The summed E-state index contributed by atoms with van der Waals surface area (Å²) in [5.41, 5.74) is 22.6. The molecule has 7 atom stereocenters. The van der Waals surface area contributed by atoms with Gasteiger partial charge in [-0.1, -0.05) is 46.0 Å². The molecular formula is C38H70N12O9S2. The fourth-order valence-electron chi connectivity index (χ4n) is 6.36. The maximum Gasteiger partial charge on any atom is 0.245 e. The molecule has 16 N–H and O–H groups in total. The van der Waals surface area contributed by atoms with Crippen molar-refractivity contribution in [1.82, 2.24) is 37.2 Å². The SMILES string of the molecule is CSCC[C@H](NC(=O)[C@H](C)NC(=O)[C@H](CCCN=C(N)N)NC(=O)[C@@H](N)CC1CCCCC1)C(=O)N[C@@H](CSCNC(C)=O)C(=O)N[C@@H](CO)C(=O)N[C@@H](CC(C)C)C(N)=O. The van der Waals surface area contributed by atoms with Crippen LogP contribution in [0.3, 0.4) is 0 Å². The lowest BCUT2D eigenvalue weighted by atomic mass is 9.85. The van der Waals surface area contributed by atoms with Crippen LogP contribution in [0.5, 0.6) is 0 Å². The fraction of sp³-hybridized carbons (Fsp3) is 0.763. The topological polar surface area (TPSA) is 357 Å². The molecule has 21 nitrogen and oxygen atoms in total. The summed E-state index contributed by atoms with van der Waals surface area (Å²) >= 11 is 2.47. The third-order valence-corrected chi connectivity index (χ3v) is 11.3. The van der Waals surface area contributed by atoms with E-state index in [0.29, 0.717) is 24.5 Å². The van der Waals surface area contributed by atoms with Gasteiger partial charge in [0, 0.05) is 19.2 Å². The highest BCUT2D eigenvalue weighted by Gasteiger charge is 2.33. The van der Waals surface area contributed by atoms with Gasteiger partial charge < -0.3 is 65.3 Å². The van der Waals surface area contributed by atoms with Crippen molar-refractivity contribution in [3.63, 3.8) is 0 Å². The van der Waals surface area contributed by atoms with Gasteiger partial charge in [-0.3, -0.25) is 43.3 Å². The van der Waals surface area contributed by atoms with E-state index in [0.717, 1.165) is 43.9 Å². The van der Waals surface area contributed by atoms with Crippen LogP contribution < -0.4 is 60.2 Å². The third-order valence-electron chi connectivity index (χ3n) is 9.75. The van der Waals surface area contributed by atoms with Crippen LogP contribution in [0.4, 0.5) is 0 Å².